The van der Waals surface area contributed by atoms with Crippen molar-refractivity contribution in [1.82, 2.24) is 20.5 Å². The van der Waals surface area contributed by atoms with Gasteiger partial charge in [-0.25, -0.2) is 0 Å². The Balaban J connectivity index is 1.65. The van der Waals surface area contributed by atoms with Crippen molar-refractivity contribution < 1.29 is 13.9 Å². The number of allylic oxidation sites excluding steroid dienone is 1. The molecule has 0 bridgehead atoms. The van der Waals surface area contributed by atoms with Crippen LogP contribution in [0.1, 0.15) is 39.5 Å². The summed E-state index contributed by atoms with van der Waals surface area (Å²) in [5.41, 5.74) is 2.20. The summed E-state index contributed by atoms with van der Waals surface area (Å²) in [7, 11) is 1.61. The van der Waals surface area contributed by atoms with Crippen molar-refractivity contribution in [2.45, 2.75) is 40.0 Å². The van der Waals surface area contributed by atoms with Gasteiger partial charge in [0.15, 0.2) is 0 Å². The van der Waals surface area contributed by atoms with Crippen molar-refractivity contribution in [1.29, 1.82) is 0 Å². The maximum atomic E-state index is 12.0. The van der Waals surface area contributed by atoms with Crippen LogP contribution in [-0.2, 0) is 16.0 Å². The lowest BCUT2D eigenvalue weighted by atomic mass is 9.70. The molecule has 162 valence electrons. The molecule has 7 nitrogen and oxygen atoms in total. The number of hydrogen-bond acceptors (Lipinski definition) is 6. The van der Waals surface area contributed by atoms with E-state index >= 15 is 0 Å². The van der Waals surface area contributed by atoms with Gasteiger partial charge < -0.3 is 14.5 Å². The number of nitrogens with zero attached hydrogens (tertiary/aromatic N) is 3. The first-order valence-corrected chi connectivity index (χ1v) is 10.6. The summed E-state index contributed by atoms with van der Waals surface area (Å²) in [6.45, 7) is 7.80. The number of methoxy groups -OCH3 is 1. The first kappa shape index (κ1) is 22.2. The zero-order valence-corrected chi connectivity index (χ0v) is 18.3. The third-order valence-electron chi connectivity index (χ3n) is 5.97. The lowest BCUT2D eigenvalue weighted by molar-refractivity contribution is -0.122. The summed E-state index contributed by atoms with van der Waals surface area (Å²) in [5, 5.41) is 11.5. The Morgan fingerprint density at radius 2 is 2.07 bits per heavy atom. The van der Waals surface area contributed by atoms with Gasteiger partial charge in [-0.3, -0.25) is 9.78 Å². The van der Waals surface area contributed by atoms with Crippen molar-refractivity contribution in [2.75, 3.05) is 20.3 Å². The van der Waals surface area contributed by atoms with E-state index in [2.05, 4.69) is 47.3 Å². The second kappa shape index (κ2) is 10.5. The quantitative estimate of drug-likeness (QED) is 0.632. The van der Waals surface area contributed by atoms with Gasteiger partial charge in [-0.15, -0.1) is 10.2 Å². The van der Waals surface area contributed by atoms with Gasteiger partial charge in [-0.2, -0.15) is 0 Å². The van der Waals surface area contributed by atoms with Crippen LogP contribution in [0.5, 0.6) is 0 Å². The fourth-order valence-corrected chi connectivity index (χ4v) is 4.18. The average Bonchev–Trinajstić information content (AvgIpc) is 3.21. The molecule has 0 saturated heterocycles. The van der Waals surface area contributed by atoms with Crippen LogP contribution in [-0.4, -0.2) is 41.3 Å². The van der Waals surface area contributed by atoms with Gasteiger partial charge in [0, 0.05) is 44.5 Å². The first-order chi connectivity index (χ1) is 14.5. The van der Waals surface area contributed by atoms with E-state index in [-0.39, 0.29) is 5.91 Å². The number of carbonyl (C=O) groups excluding carboxylic acids is 1. The molecule has 0 aliphatic heterocycles. The van der Waals surface area contributed by atoms with Gasteiger partial charge in [-0.1, -0.05) is 25.5 Å². The molecule has 0 radical (unpaired) electrons. The highest BCUT2D eigenvalue weighted by molar-refractivity contribution is 5.75. The molecule has 7 heteroatoms. The summed E-state index contributed by atoms with van der Waals surface area (Å²) >= 11 is 0. The minimum atomic E-state index is 0.0435. The van der Waals surface area contributed by atoms with Crippen LogP contribution in [0.2, 0.25) is 0 Å². The molecular formula is C23H32N4O3. The zero-order valence-electron chi connectivity index (χ0n) is 18.3. The molecule has 2 aromatic heterocycles. The van der Waals surface area contributed by atoms with Gasteiger partial charge in [-0.05, 0) is 49.1 Å². The van der Waals surface area contributed by atoms with Gasteiger partial charge in [0.25, 0.3) is 0 Å². The molecule has 2 aromatic rings. The molecule has 1 aliphatic carbocycles. The summed E-state index contributed by atoms with van der Waals surface area (Å²) in [5.74, 6) is 2.94. The minimum absolute atomic E-state index is 0.0435. The third-order valence-corrected chi connectivity index (χ3v) is 5.97. The molecule has 1 N–H and O–H groups in total. The second-order valence-electron chi connectivity index (χ2n) is 8.40. The van der Waals surface area contributed by atoms with E-state index in [9.17, 15) is 4.79 Å². The van der Waals surface area contributed by atoms with Crippen molar-refractivity contribution in [3.8, 4) is 11.5 Å². The van der Waals surface area contributed by atoms with E-state index in [4.69, 9.17) is 9.15 Å². The molecule has 3 unspecified atom stereocenters. The standard InChI is InChI=1S/C23H32N4O3/c1-15(2)20-12-18(16(3)11-19(20)14-25-21(28)7-10-29-4)13-22-26-27-23(30-22)17-5-8-24-9-6-17/h5-6,8-9,11,15,18-20H,7,10,12-14H2,1-4H3,(H,25,28). The normalized spacial score (nSPS) is 21.5. The number of carbonyl (C=O) groups is 1. The topological polar surface area (TPSA) is 90.1 Å². The van der Waals surface area contributed by atoms with Crippen LogP contribution in [0.15, 0.2) is 40.6 Å². The van der Waals surface area contributed by atoms with Gasteiger partial charge in [0.1, 0.15) is 0 Å². The molecule has 1 aliphatic rings. The van der Waals surface area contributed by atoms with Crippen molar-refractivity contribution in [3.63, 3.8) is 0 Å². The third kappa shape index (κ3) is 5.75. The van der Waals surface area contributed by atoms with E-state index in [0.29, 0.717) is 55.0 Å². The van der Waals surface area contributed by atoms with Crippen LogP contribution in [0.25, 0.3) is 11.5 Å². The minimum Gasteiger partial charge on any atom is -0.421 e. The Bertz CT molecular complexity index is 847. The molecule has 2 heterocycles. The Morgan fingerprint density at radius 3 is 2.77 bits per heavy atom. The molecule has 0 spiro atoms. The van der Waals surface area contributed by atoms with Crippen LogP contribution in [0.4, 0.5) is 0 Å². The summed E-state index contributed by atoms with van der Waals surface area (Å²) < 4.78 is 10.9. The Morgan fingerprint density at radius 1 is 1.30 bits per heavy atom. The molecule has 3 rings (SSSR count). The highest BCUT2D eigenvalue weighted by Crippen LogP contribution is 2.38. The van der Waals surface area contributed by atoms with Crippen molar-refractivity contribution >= 4 is 5.91 Å². The number of nitrogens with one attached hydrogen (secondary N) is 1. The molecule has 0 fully saturated rings. The maximum absolute atomic E-state index is 12.0. The van der Waals surface area contributed by atoms with Crippen LogP contribution in [0.3, 0.4) is 0 Å². The predicted octanol–water partition coefficient (Wildman–Crippen LogP) is 3.68. The van der Waals surface area contributed by atoms with Crippen LogP contribution < -0.4 is 5.32 Å². The van der Waals surface area contributed by atoms with E-state index in [1.165, 1.54) is 5.57 Å². The van der Waals surface area contributed by atoms with Crippen LogP contribution >= 0.6 is 0 Å². The molecule has 0 aromatic carbocycles. The van der Waals surface area contributed by atoms with Gasteiger partial charge in [0.2, 0.25) is 17.7 Å². The fraction of sp³-hybridized carbons (Fsp3) is 0.565. The van der Waals surface area contributed by atoms with Gasteiger partial charge >= 0.3 is 0 Å². The molecule has 0 saturated carbocycles. The lowest BCUT2D eigenvalue weighted by Crippen LogP contribution is -2.37. The Labute approximate surface area is 178 Å². The van der Waals surface area contributed by atoms with E-state index in [1.54, 1.807) is 19.5 Å². The number of amides is 1. The zero-order chi connectivity index (χ0) is 21.5. The van der Waals surface area contributed by atoms with E-state index < -0.39 is 0 Å². The molecular weight excluding hydrogens is 380 g/mol. The van der Waals surface area contributed by atoms with E-state index in [0.717, 1.165) is 18.4 Å². The summed E-state index contributed by atoms with van der Waals surface area (Å²) in [4.78, 5) is 16.0. The summed E-state index contributed by atoms with van der Waals surface area (Å²) in [6.07, 6.45) is 7.94. The highest BCUT2D eigenvalue weighted by Gasteiger charge is 2.32. The number of ether oxygens (including phenoxy) is 1. The first-order valence-electron chi connectivity index (χ1n) is 10.6. The Hall–Kier alpha value is -2.54. The van der Waals surface area contributed by atoms with Crippen molar-refractivity contribution in [3.05, 3.63) is 42.1 Å². The lowest BCUT2D eigenvalue weighted by Gasteiger charge is -2.37. The average molecular weight is 413 g/mol. The number of hydrogen-bond donors (Lipinski definition) is 1. The monoisotopic (exact) mass is 412 g/mol. The predicted molar refractivity (Wildman–Crippen MR) is 114 cm³/mol. The number of pyridine rings is 1. The van der Waals surface area contributed by atoms with Crippen molar-refractivity contribution in [2.24, 2.45) is 23.7 Å². The highest BCUT2D eigenvalue weighted by atomic mass is 16.5. The summed E-state index contributed by atoms with van der Waals surface area (Å²) in [6, 6.07) is 3.73. The van der Waals surface area contributed by atoms with E-state index in [1.807, 2.05) is 12.1 Å². The Kier molecular flexibility index (Phi) is 7.74. The largest absolute Gasteiger partial charge is 0.421 e. The fourth-order valence-electron chi connectivity index (χ4n) is 4.18. The second-order valence-corrected chi connectivity index (χ2v) is 8.40. The van der Waals surface area contributed by atoms with Crippen LogP contribution in [0, 0.1) is 23.7 Å². The number of rotatable bonds is 9. The van der Waals surface area contributed by atoms with Gasteiger partial charge in [0.05, 0.1) is 6.61 Å². The smallest absolute Gasteiger partial charge is 0.247 e. The molecule has 1 amide bonds. The SMILES string of the molecule is COCCC(=O)NCC1C=C(C)C(Cc2nnc(-c3ccncc3)o2)CC1C(C)C. The molecule has 3 atom stereocenters. The maximum Gasteiger partial charge on any atom is 0.247 e. The molecule has 30 heavy (non-hydrogen) atoms. The number of aromatic nitrogens is 3.